The lowest BCUT2D eigenvalue weighted by molar-refractivity contribution is 0.300. The summed E-state index contributed by atoms with van der Waals surface area (Å²) in [6, 6.07) is 6.55. The van der Waals surface area contributed by atoms with Gasteiger partial charge in [0.05, 0.1) is 13.2 Å². The number of aliphatic hydroxyl groups excluding tert-OH is 1. The molecule has 17 heavy (non-hydrogen) atoms. The second-order valence-corrected chi connectivity index (χ2v) is 3.44. The summed E-state index contributed by atoms with van der Waals surface area (Å²) >= 11 is 0. The van der Waals surface area contributed by atoms with Gasteiger partial charge in [-0.15, -0.1) is 0 Å². The summed E-state index contributed by atoms with van der Waals surface area (Å²) in [7, 11) is 0. The number of halogens is 1. The average Bonchev–Trinajstić information content (AvgIpc) is 2.34. The van der Waals surface area contributed by atoms with E-state index in [0.29, 0.717) is 24.6 Å². The zero-order valence-electron chi connectivity index (χ0n) is 9.91. The number of nitrogens with zero attached hydrogens (tertiary/aromatic N) is 1. The SMILES string of the molecule is CCNC(=NCc1ccccc1F)NCCO. The van der Waals surface area contributed by atoms with Gasteiger partial charge < -0.3 is 15.7 Å². The first-order chi connectivity index (χ1) is 8.27. The van der Waals surface area contributed by atoms with Crippen molar-refractivity contribution in [1.29, 1.82) is 0 Å². The van der Waals surface area contributed by atoms with Crippen molar-refractivity contribution in [2.75, 3.05) is 19.7 Å². The van der Waals surface area contributed by atoms with Crippen LogP contribution in [0.2, 0.25) is 0 Å². The molecule has 1 aromatic carbocycles. The Bertz CT molecular complexity index is 369. The highest BCUT2D eigenvalue weighted by atomic mass is 19.1. The highest BCUT2D eigenvalue weighted by molar-refractivity contribution is 5.79. The molecule has 0 aliphatic rings. The lowest BCUT2D eigenvalue weighted by Crippen LogP contribution is -2.38. The topological polar surface area (TPSA) is 56.7 Å². The van der Waals surface area contributed by atoms with Crippen LogP contribution in [-0.4, -0.2) is 30.8 Å². The minimum absolute atomic E-state index is 0.0319. The van der Waals surface area contributed by atoms with Crippen LogP contribution < -0.4 is 10.6 Å². The standard InChI is InChI=1S/C12H18FN3O/c1-2-14-12(15-7-8-17)16-9-10-5-3-4-6-11(10)13/h3-6,17H,2,7-9H2,1H3,(H2,14,15,16). The van der Waals surface area contributed by atoms with Gasteiger partial charge in [0.25, 0.3) is 0 Å². The molecule has 0 heterocycles. The molecular formula is C12H18FN3O. The maximum absolute atomic E-state index is 13.3. The lowest BCUT2D eigenvalue weighted by atomic mass is 10.2. The Morgan fingerprint density at radius 2 is 2.12 bits per heavy atom. The van der Waals surface area contributed by atoms with Gasteiger partial charge in [0, 0.05) is 18.7 Å². The molecule has 1 aromatic rings. The molecule has 3 N–H and O–H groups in total. The molecule has 0 aromatic heterocycles. The second-order valence-electron chi connectivity index (χ2n) is 3.44. The molecule has 4 nitrogen and oxygen atoms in total. The van der Waals surface area contributed by atoms with Gasteiger partial charge in [-0.25, -0.2) is 9.38 Å². The van der Waals surface area contributed by atoms with Crippen molar-refractivity contribution < 1.29 is 9.50 Å². The predicted molar refractivity (Wildman–Crippen MR) is 66.3 cm³/mol. The van der Waals surface area contributed by atoms with Crippen LogP contribution in [0, 0.1) is 5.82 Å². The Morgan fingerprint density at radius 3 is 2.76 bits per heavy atom. The number of aliphatic imine (C=N–C) groups is 1. The van der Waals surface area contributed by atoms with Crippen molar-refractivity contribution in [3.8, 4) is 0 Å². The molecule has 0 aliphatic heterocycles. The fourth-order valence-corrected chi connectivity index (χ4v) is 1.31. The molecule has 0 unspecified atom stereocenters. The minimum Gasteiger partial charge on any atom is -0.395 e. The highest BCUT2D eigenvalue weighted by Crippen LogP contribution is 2.07. The maximum atomic E-state index is 13.3. The number of aliphatic hydroxyl groups is 1. The van der Waals surface area contributed by atoms with Crippen LogP contribution in [-0.2, 0) is 6.54 Å². The van der Waals surface area contributed by atoms with E-state index in [-0.39, 0.29) is 19.0 Å². The summed E-state index contributed by atoms with van der Waals surface area (Å²) in [5.74, 6) is 0.319. The third-order valence-electron chi connectivity index (χ3n) is 2.11. The van der Waals surface area contributed by atoms with E-state index in [1.54, 1.807) is 18.2 Å². The van der Waals surface area contributed by atoms with E-state index in [1.807, 2.05) is 6.92 Å². The first-order valence-electron chi connectivity index (χ1n) is 5.64. The Hall–Kier alpha value is -1.62. The molecule has 5 heteroatoms. The van der Waals surface area contributed by atoms with Gasteiger partial charge in [-0.1, -0.05) is 18.2 Å². The number of hydrogen-bond donors (Lipinski definition) is 3. The Balaban J connectivity index is 2.61. The van der Waals surface area contributed by atoms with Crippen LogP contribution in [0.4, 0.5) is 4.39 Å². The molecule has 94 valence electrons. The van der Waals surface area contributed by atoms with E-state index in [4.69, 9.17) is 5.11 Å². The summed E-state index contributed by atoms with van der Waals surface area (Å²) in [5.41, 5.74) is 0.550. The van der Waals surface area contributed by atoms with Crippen LogP contribution in [0.25, 0.3) is 0 Å². The van der Waals surface area contributed by atoms with Crippen LogP contribution in [0.15, 0.2) is 29.3 Å². The molecule has 0 atom stereocenters. The Labute approximate surface area is 101 Å². The maximum Gasteiger partial charge on any atom is 0.191 e. The first kappa shape index (κ1) is 13.4. The van der Waals surface area contributed by atoms with E-state index in [9.17, 15) is 4.39 Å². The first-order valence-corrected chi connectivity index (χ1v) is 5.64. The monoisotopic (exact) mass is 239 g/mol. The van der Waals surface area contributed by atoms with E-state index >= 15 is 0 Å². The van der Waals surface area contributed by atoms with Gasteiger partial charge >= 0.3 is 0 Å². The van der Waals surface area contributed by atoms with Gasteiger partial charge in [0.15, 0.2) is 5.96 Å². The summed E-state index contributed by atoms with van der Waals surface area (Å²) < 4.78 is 13.3. The van der Waals surface area contributed by atoms with Crippen molar-refractivity contribution >= 4 is 5.96 Å². The molecule has 0 saturated heterocycles. The van der Waals surface area contributed by atoms with Gasteiger partial charge in [-0.3, -0.25) is 0 Å². The minimum atomic E-state index is -0.255. The van der Waals surface area contributed by atoms with E-state index in [2.05, 4.69) is 15.6 Å². The fourth-order valence-electron chi connectivity index (χ4n) is 1.31. The van der Waals surface area contributed by atoms with Crippen molar-refractivity contribution in [2.45, 2.75) is 13.5 Å². The second kappa shape index (κ2) is 7.62. The molecule has 0 aliphatic carbocycles. The van der Waals surface area contributed by atoms with Gasteiger partial charge in [0.1, 0.15) is 5.82 Å². The summed E-state index contributed by atoms with van der Waals surface area (Å²) in [6.07, 6.45) is 0. The van der Waals surface area contributed by atoms with Gasteiger partial charge in [0.2, 0.25) is 0 Å². The smallest absolute Gasteiger partial charge is 0.191 e. The Kier molecular flexibility index (Phi) is 6.03. The normalized spacial score (nSPS) is 11.4. The van der Waals surface area contributed by atoms with Crippen LogP contribution in [0.3, 0.4) is 0 Å². The third kappa shape index (κ3) is 4.82. The average molecular weight is 239 g/mol. The van der Waals surface area contributed by atoms with E-state index in [0.717, 1.165) is 0 Å². The van der Waals surface area contributed by atoms with Crippen molar-refractivity contribution in [3.63, 3.8) is 0 Å². The molecule has 0 fully saturated rings. The number of hydrogen-bond acceptors (Lipinski definition) is 2. The zero-order valence-corrected chi connectivity index (χ0v) is 9.91. The van der Waals surface area contributed by atoms with Crippen LogP contribution in [0.1, 0.15) is 12.5 Å². The molecule has 0 saturated carbocycles. The van der Waals surface area contributed by atoms with Crippen molar-refractivity contribution in [2.24, 2.45) is 4.99 Å². The molecule has 1 rings (SSSR count). The van der Waals surface area contributed by atoms with Gasteiger partial charge in [-0.05, 0) is 13.0 Å². The highest BCUT2D eigenvalue weighted by Gasteiger charge is 2.00. The van der Waals surface area contributed by atoms with E-state index < -0.39 is 0 Å². The molecule has 0 spiro atoms. The number of benzene rings is 1. The summed E-state index contributed by atoms with van der Waals surface area (Å²) in [4.78, 5) is 4.23. The number of nitrogens with one attached hydrogen (secondary N) is 2. The fraction of sp³-hybridized carbons (Fsp3) is 0.417. The number of guanidine groups is 1. The summed E-state index contributed by atoms with van der Waals surface area (Å²) in [5, 5.41) is 14.6. The molecular weight excluding hydrogens is 221 g/mol. The quantitative estimate of drug-likeness (QED) is 0.528. The zero-order chi connectivity index (χ0) is 12.5. The van der Waals surface area contributed by atoms with Crippen LogP contribution in [0.5, 0.6) is 0 Å². The lowest BCUT2D eigenvalue weighted by Gasteiger charge is -2.10. The van der Waals surface area contributed by atoms with Crippen molar-refractivity contribution in [1.82, 2.24) is 10.6 Å². The third-order valence-corrected chi connectivity index (χ3v) is 2.11. The molecule has 0 radical (unpaired) electrons. The molecule has 0 bridgehead atoms. The predicted octanol–water partition coefficient (Wildman–Crippen LogP) is 0.873. The number of rotatable bonds is 5. The largest absolute Gasteiger partial charge is 0.395 e. The van der Waals surface area contributed by atoms with E-state index in [1.165, 1.54) is 6.07 Å². The Morgan fingerprint density at radius 1 is 1.35 bits per heavy atom. The van der Waals surface area contributed by atoms with Gasteiger partial charge in [-0.2, -0.15) is 0 Å². The molecule has 0 amide bonds. The summed E-state index contributed by atoms with van der Waals surface area (Å²) in [6.45, 7) is 3.38. The van der Waals surface area contributed by atoms with Crippen LogP contribution >= 0.6 is 0 Å². The van der Waals surface area contributed by atoms with Crippen molar-refractivity contribution in [3.05, 3.63) is 35.6 Å².